The van der Waals surface area contributed by atoms with Crippen molar-refractivity contribution in [3.8, 4) is 0 Å². The van der Waals surface area contributed by atoms with Gasteiger partial charge in [0, 0.05) is 18.2 Å². The third-order valence-corrected chi connectivity index (χ3v) is 2.42. The molecule has 1 rings (SSSR count). The van der Waals surface area contributed by atoms with E-state index in [0.717, 1.165) is 31.5 Å². The summed E-state index contributed by atoms with van der Waals surface area (Å²) in [5.74, 6) is 0.0659. The van der Waals surface area contributed by atoms with E-state index in [1.807, 2.05) is 19.9 Å². The lowest BCUT2D eigenvalue weighted by atomic mass is 10.1. The van der Waals surface area contributed by atoms with Gasteiger partial charge in [-0.05, 0) is 33.2 Å². The average molecular weight is 219 g/mol. The smallest absolute Gasteiger partial charge is 0.246 e. The molecule has 0 saturated carbocycles. The molecule has 4 heteroatoms. The summed E-state index contributed by atoms with van der Waals surface area (Å²) in [5.41, 5.74) is 0.797. The molecule has 1 aliphatic heterocycles. The zero-order valence-electron chi connectivity index (χ0n) is 8.80. The fourth-order valence-corrected chi connectivity index (χ4v) is 1.41. The lowest BCUT2D eigenvalue weighted by Gasteiger charge is -2.23. The largest absolute Gasteiger partial charge is 0.348 e. The molecule has 0 aliphatic carbocycles. The second-order valence-corrected chi connectivity index (χ2v) is 3.49. The Labute approximate surface area is 91.7 Å². The number of hydrogen-bond donors (Lipinski definition) is 2. The van der Waals surface area contributed by atoms with Crippen molar-refractivity contribution in [3.63, 3.8) is 0 Å². The standard InChI is InChI=1S/C10H18N2O.ClH/c1-3-8(2)10(13)12-9-5-4-6-11-7-9;/h3,9,11H,4-7H2,1-2H3,(H,12,13);1H/b8-3-;. The molecule has 2 N–H and O–H groups in total. The predicted octanol–water partition coefficient (Wildman–Crippen LogP) is 1.24. The molecule has 0 aromatic rings. The van der Waals surface area contributed by atoms with Crippen LogP contribution in [0.4, 0.5) is 0 Å². The molecule has 0 radical (unpaired) electrons. The van der Waals surface area contributed by atoms with Crippen LogP contribution >= 0.6 is 12.4 Å². The lowest BCUT2D eigenvalue weighted by Crippen LogP contribution is -2.45. The molecule has 1 atom stereocenters. The maximum absolute atomic E-state index is 11.4. The molecular formula is C10H19ClN2O. The molecule has 1 aliphatic rings. The number of hydrogen-bond acceptors (Lipinski definition) is 2. The second-order valence-electron chi connectivity index (χ2n) is 3.49. The molecule has 1 saturated heterocycles. The van der Waals surface area contributed by atoms with Crippen LogP contribution < -0.4 is 10.6 Å². The van der Waals surface area contributed by atoms with E-state index in [4.69, 9.17) is 0 Å². The number of amides is 1. The maximum Gasteiger partial charge on any atom is 0.246 e. The normalized spacial score (nSPS) is 22.4. The number of halogens is 1. The highest BCUT2D eigenvalue weighted by Crippen LogP contribution is 2.02. The quantitative estimate of drug-likeness (QED) is 0.685. The van der Waals surface area contributed by atoms with Gasteiger partial charge in [0.05, 0.1) is 0 Å². The number of carbonyl (C=O) groups excluding carboxylic acids is 1. The summed E-state index contributed by atoms with van der Waals surface area (Å²) in [6, 6.07) is 0.316. The molecule has 0 aromatic carbocycles. The molecule has 1 unspecified atom stereocenters. The third-order valence-electron chi connectivity index (χ3n) is 2.42. The number of nitrogens with one attached hydrogen (secondary N) is 2. The fraction of sp³-hybridized carbons (Fsp3) is 0.700. The van der Waals surface area contributed by atoms with Gasteiger partial charge in [-0.3, -0.25) is 4.79 Å². The van der Waals surface area contributed by atoms with Gasteiger partial charge in [-0.2, -0.15) is 0 Å². The van der Waals surface area contributed by atoms with Crippen LogP contribution in [0.25, 0.3) is 0 Å². The van der Waals surface area contributed by atoms with E-state index in [-0.39, 0.29) is 18.3 Å². The van der Waals surface area contributed by atoms with Crippen molar-refractivity contribution < 1.29 is 4.79 Å². The van der Waals surface area contributed by atoms with Gasteiger partial charge in [0.1, 0.15) is 0 Å². The Kier molecular flexibility index (Phi) is 6.58. The van der Waals surface area contributed by atoms with Crippen molar-refractivity contribution in [1.29, 1.82) is 0 Å². The number of carbonyl (C=O) groups is 1. The van der Waals surface area contributed by atoms with Gasteiger partial charge in [-0.25, -0.2) is 0 Å². The van der Waals surface area contributed by atoms with Gasteiger partial charge < -0.3 is 10.6 Å². The van der Waals surface area contributed by atoms with E-state index in [9.17, 15) is 4.79 Å². The molecular weight excluding hydrogens is 200 g/mol. The summed E-state index contributed by atoms with van der Waals surface area (Å²) in [7, 11) is 0. The van der Waals surface area contributed by atoms with E-state index in [1.54, 1.807) is 0 Å². The van der Waals surface area contributed by atoms with Crippen molar-refractivity contribution in [2.75, 3.05) is 13.1 Å². The summed E-state index contributed by atoms with van der Waals surface area (Å²) in [6.45, 7) is 5.71. The van der Waals surface area contributed by atoms with Crippen LogP contribution in [0, 0.1) is 0 Å². The minimum absolute atomic E-state index is 0. The van der Waals surface area contributed by atoms with Gasteiger partial charge in [-0.1, -0.05) is 6.08 Å². The highest BCUT2D eigenvalue weighted by Gasteiger charge is 2.15. The van der Waals surface area contributed by atoms with Gasteiger partial charge >= 0.3 is 0 Å². The molecule has 0 bridgehead atoms. The average Bonchev–Trinajstić information content (AvgIpc) is 2.18. The van der Waals surface area contributed by atoms with Crippen molar-refractivity contribution in [2.24, 2.45) is 0 Å². The zero-order chi connectivity index (χ0) is 9.68. The summed E-state index contributed by atoms with van der Waals surface area (Å²) in [5, 5.41) is 6.26. The first-order valence-electron chi connectivity index (χ1n) is 4.88. The van der Waals surface area contributed by atoms with Gasteiger partial charge in [0.15, 0.2) is 0 Å². The van der Waals surface area contributed by atoms with Crippen molar-refractivity contribution in [1.82, 2.24) is 10.6 Å². The minimum atomic E-state index is 0. The minimum Gasteiger partial charge on any atom is -0.348 e. The van der Waals surface area contributed by atoms with Crippen LogP contribution in [0.15, 0.2) is 11.6 Å². The Bertz CT molecular complexity index is 210. The lowest BCUT2D eigenvalue weighted by molar-refractivity contribution is -0.118. The van der Waals surface area contributed by atoms with Gasteiger partial charge in [-0.15, -0.1) is 12.4 Å². The van der Waals surface area contributed by atoms with Crippen LogP contribution in [0.1, 0.15) is 26.7 Å². The van der Waals surface area contributed by atoms with Crippen LogP contribution in [-0.4, -0.2) is 25.0 Å². The maximum atomic E-state index is 11.4. The number of piperidine rings is 1. The molecule has 14 heavy (non-hydrogen) atoms. The third kappa shape index (κ3) is 4.11. The molecule has 3 nitrogen and oxygen atoms in total. The van der Waals surface area contributed by atoms with Crippen LogP contribution in [0.2, 0.25) is 0 Å². The van der Waals surface area contributed by atoms with E-state index in [0.29, 0.717) is 6.04 Å². The van der Waals surface area contributed by atoms with Gasteiger partial charge in [0.2, 0.25) is 5.91 Å². The Morgan fingerprint density at radius 2 is 2.29 bits per heavy atom. The van der Waals surface area contributed by atoms with E-state index in [1.165, 1.54) is 0 Å². The highest BCUT2D eigenvalue weighted by atomic mass is 35.5. The second kappa shape index (κ2) is 6.85. The molecule has 82 valence electrons. The van der Waals surface area contributed by atoms with Crippen LogP contribution in [0.5, 0.6) is 0 Å². The predicted molar refractivity (Wildman–Crippen MR) is 60.7 cm³/mol. The Hall–Kier alpha value is -0.540. The van der Waals surface area contributed by atoms with E-state index < -0.39 is 0 Å². The summed E-state index contributed by atoms with van der Waals surface area (Å²) in [6.07, 6.45) is 4.08. The summed E-state index contributed by atoms with van der Waals surface area (Å²) < 4.78 is 0. The Balaban J connectivity index is 0.00000169. The highest BCUT2D eigenvalue weighted by molar-refractivity contribution is 5.92. The Morgan fingerprint density at radius 1 is 1.57 bits per heavy atom. The molecule has 0 aromatic heterocycles. The van der Waals surface area contributed by atoms with Crippen LogP contribution in [0.3, 0.4) is 0 Å². The first-order chi connectivity index (χ1) is 6.24. The number of allylic oxidation sites excluding steroid dienone is 1. The van der Waals surface area contributed by atoms with E-state index >= 15 is 0 Å². The first-order valence-corrected chi connectivity index (χ1v) is 4.88. The number of rotatable bonds is 2. The van der Waals surface area contributed by atoms with Crippen LogP contribution in [-0.2, 0) is 4.79 Å². The zero-order valence-corrected chi connectivity index (χ0v) is 9.62. The van der Waals surface area contributed by atoms with Crippen molar-refractivity contribution >= 4 is 18.3 Å². The van der Waals surface area contributed by atoms with Crippen molar-refractivity contribution in [2.45, 2.75) is 32.7 Å². The summed E-state index contributed by atoms with van der Waals surface area (Å²) >= 11 is 0. The monoisotopic (exact) mass is 218 g/mol. The van der Waals surface area contributed by atoms with Crippen molar-refractivity contribution in [3.05, 3.63) is 11.6 Å². The summed E-state index contributed by atoms with van der Waals surface area (Å²) in [4.78, 5) is 11.4. The molecule has 1 amide bonds. The SMILES string of the molecule is C/C=C(/C)C(=O)NC1CCCNC1.Cl. The fourth-order valence-electron chi connectivity index (χ4n) is 1.41. The first kappa shape index (κ1) is 13.5. The Morgan fingerprint density at radius 3 is 2.79 bits per heavy atom. The molecule has 1 heterocycles. The topological polar surface area (TPSA) is 41.1 Å². The van der Waals surface area contributed by atoms with E-state index in [2.05, 4.69) is 10.6 Å². The van der Waals surface area contributed by atoms with Gasteiger partial charge in [0.25, 0.3) is 0 Å². The molecule has 0 spiro atoms. The molecule has 1 fully saturated rings.